The highest BCUT2D eigenvalue weighted by Gasteiger charge is 2.25. The predicted molar refractivity (Wildman–Crippen MR) is 112 cm³/mol. The fourth-order valence-electron chi connectivity index (χ4n) is 3.80. The Kier molecular flexibility index (Phi) is 4.30. The minimum Gasteiger partial charge on any atom is -0.352 e. The van der Waals surface area contributed by atoms with Gasteiger partial charge in [-0.15, -0.1) is 22.7 Å². The number of pyridine rings is 1. The predicted octanol–water partition coefficient (Wildman–Crippen LogP) is 5.64. The van der Waals surface area contributed by atoms with Crippen LogP contribution in [0.1, 0.15) is 30.6 Å². The van der Waals surface area contributed by atoms with Crippen LogP contribution in [0.5, 0.6) is 0 Å². The summed E-state index contributed by atoms with van der Waals surface area (Å²) in [5.74, 6) is 0.242. The Labute approximate surface area is 164 Å². The number of hydrogen-bond acceptors (Lipinski definition) is 6. The lowest BCUT2D eigenvalue weighted by atomic mass is 9.90. The van der Waals surface area contributed by atoms with E-state index in [1.165, 1.54) is 29.1 Å². The number of nitrogens with zero attached hydrogens (tertiary/aromatic N) is 2. The van der Waals surface area contributed by atoms with Gasteiger partial charge in [0.25, 0.3) is 0 Å². The third-order valence-electron chi connectivity index (χ3n) is 5.27. The second kappa shape index (κ2) is 6.82. The molecule has 1 saturated heterocycles. The van der Waals surface area contributed by atoms with Crippen molar-refractivity contribution in [2.45, 2.75) is 31.7 Å². The minimum atomic E-state index is -0.266. The number of halogens is 1. The van der Waals surface area contributed by atoms with Gasteiger partial charge in [-0.3, -0.25) is 0 Å². The van der Waals surface area contributed by atoms with E-state index in [1.807, 2.05) is 6.07 Å². The Bertz CT molecular complexity index is 1120. The summed E-state index contributed by atoms with van der Waals surface area (Å²) in [5, 5.41) is 7.88. The monoisotopic (exact) mass is 398 g/mol. The Morgan fingerprint density at radius 3 is 3.04 bits per heavy atom. The van der Waals surface area contributed by atoms with E-state index >= 15 is 0 Å². The number of nitrogens with one attached hydrogen (secondary N) is 2. The van der Waals surface area contributed by atoms with Crippen LogP contribution in [-0.4, -0.2) is 22.6 Å². The summed E-state index contributed by atoms with van der Waals surface area (Å²) < 4.78 is 15.4. The molecule has 5 rings (SSSR count). The number of piperidine rings is 1. The van der Waals surface area contributed by atoms with E-state index in [9.17, 15) is 4.39 Å². The van der Waals surface area contributed by atoms with E-state index in [1.54, 1.807) is 35.2 Å². The summed E-state index contributed by atoms with van der Waals surface area (Å²) in [6.07, 6.45) is 4.17. The molecule has 2 N–H and O–H groups in total. The molecule has 7 heteroatoms. The van der Waals surface area contributed by atoms with Crippen LogP contribution in [0.25, 0.3) is 20.4 Å². The van der Waals surface area contributed by atoms with E-state index in [-0.39, 0.29) is 5.82 Å². The molecular weight excluding hydrogens is 379 g/mol. The van der Waals surface area contributed by atoms with Crippen LogP contribution in [0.3, 0.4) is 0 Å². The molecule has 0 bridgehead atoms. The van der Waals surface area contributed by atoms with Crippen LogP contribution in [0, 0.1) is 5.82 Å². The molecule has 1 aromatic carbocycles. The summed E-state index contributed by atoms with van der Waals surface area (Å²) in [7, 11) is 0. The van der Waals surface area contributed by atoms with Crippen LogP contribution < -0.4 is 10.6 Å². The highest BCUT2D eigenvalue weighted by molar-refractivity contribution is 7.18. The molecule has 4 nitrogen and oxygen atoms in total. The van der Waals surface area contributed by atoms with Crippen LogP contribution >= 0.6 is 22.7 Å². The summed E-state index contributed by atoms with van der Waals surface area (Å²) >= 11 is 3.19. The lowest BCUT2D eigenvalue weighted by Crippen LogP contribution is -2.37. The third kappa shape index (κ3) is 3.09. The van der Waals surface area contributed by atoms with Crippen molar-refractivity contribution in [1.29, 1.82) is 0 Å². The first-order chi connectivity index (χ1) is 13.2. The van der Waals surface area contributed by atoms with Gasteiger partial charge < -0.3 is 10.6 Å². The average molecular weight is 399 g/mol. The molecule has 138 valence electrons. The van der Waals surface area contributed by atoms with Crippen LogP contribution in [0.15, 0.2) is 36.0 Å². The van der Waals surface area contributed by atoms with Crippen molar-refractivity contribution in [3.8, 4) is 0 Å². The van der Waals surface area contributed by atoms with Gasteiger partial charge in [0.2, 0.25) is 0 Å². The van der Waals surface area contributed by atoms with Gasteiger partial charge in [0.05, 0.1) is 27.1 Å². The number of anilines is 2. The fraction of sp³-hybridized carbons (Fsp3) is 0.300. The largest absolute Gasteiger partial charge is 0.352 e. The summed E-state index contributed by atoms with van der Waals surface area (Å²) in [6.45, 7) is 3.34. The SMILES string of the molecule is C[C@@H]1NCCC[C@H]1c1cc2c(Nc3cc4ncsc4cc3F)ccnc2s1. The van der Waals surface area contributed by atoms with Crippen molar-refractivity contribution in [2.24, 2.45) is 0 Å². The maximum absolute atomic E-state index is 14.5. The second-order valence-corrected chi connectivity index (χ2v) is 8.94. The van der Waals surface area contributed by atoms with Crippen molar-refractivity contribution in [3.05, 3.63) is 46.7 Å². The topological polar surface area (TPSA) is 49.8 Å². The van der Waals surface area contributed by atoms with E-state index in [0.717, 1.165) is 32.7 Å². The van der Waals surface area contributed by atoms with E-state index in [2.05, 4.69) is 33.6 Å². The first-order valence-electron chi connectivity index (χ1n) is 9.10. The summed E-state index contributed by atoms with van der Waals surface area (Å²) in [6, 6.07) is 7.91. The van der Waals surface area contributed by atoms with Gasteiger partial charge in [-0.2, -0.15) is 0 Å². The summed E-state index contributed by atoms with van der Waals surface area (Å²) in [5.41, 5.74) is 3.87. The lowest BCUT2D eigenvalue weighted by molar-refractivity contribution is 0.375. The number of aromatic nitrogens is 2. The first kappa shape index (κ1) is 17.0. The average Bonchev–Trinajstić information content (AvgIpc) is 3.29. The molecule has 0 saturated carbocycles. The number of rotatable bonds is 3. The van der Waals surface area contributed by atoms with Crippen LogP contribution in [-0.2, 0) is 0 Å². The molecule has 0 unspecified atom stereocenters. The van der Waals surface area contributed by atoms with E-state index < -0.39 is 0 Å². The smallest absolute Gasteiger partial charge is 0.148 e. The van der Waals surface area contributed by atoms with Gasteiger partial charge in [-0.05, 0) is 50.6 Å². The number of hydrogen-bond donors (Lipinski definition) is 2. The Morgan fingerprint density at radius 1 is 1.22 bits per heavy atom. The van der Waals surface area contributed by atoms with Crippen molar-refractivity contribution in [2.75, 3.05) is 11.9 Å². The Morgan fingerprint density at radius 2 is 2.15 bits per heavy atom. The Balaban J connectivity index is 1.53. The van der Waals surface area contributed by atoms with E-state index in [4.69, 9.17) is 0 Å². The Hall–Kier alpha value is -2.09. The van der Waals surface area contributed by atoms with E-state index in [0.29, 0.717) is 17.6 Å². The highest BCUT2D eigenvalue weighted by Crippen LogP contribution is 2.39. The van der Waals surface area contributed by atoms with Crippen LogP contribution in [0.4, 0.5) is 15.8 Å². The van der Waals surface area contributed by atoms with Crippen molar-refractivity contribution >= 4 is 54.5 Å². The summed E-state index contributed by atoms with van der Waals surface area (Å²) in [4.78, 5) is 11.2. The van der Waals surface area contributed by atoms with Gasteiger partial charge in [-0.1, -0.05) is 0 Å². The number of benzene rings is 1. The molecule has 4 aromatic rings. The quantitative estimate of drug-likeness (QED) is 0.469. The third-order valence-corrected chi connectivity index (χ3v) is 7.24. The molecule has 0 aliphatic carbocycles. The molecule has 3 aromatic heterocycles. The normalized spacial score (nSPS) is 20.4. The standard InChI is InChI=1S/C20H19FN4S2/c1-11-12(3-2-5-22-11)18-7-13-15(4-6-23-20(13)27-18)25-16-9-17-19(8-14(16)21)26-10-24-17/h4,6-12,22H,2-3,5H2,1H3,(H,23,25)/t11-,12+/m0/s1. The van der Waals surface area contributed by atoms with Gasteiger partial charge in [0.1, 0.15) is 10.6 Å². The molecule has 2 atom stereocenters. The fourth-order valence-corrected chi connectivity index (χ4v) is 5.75. The molecule has 27 heavy (non-hydrogen) atoms. The molecule has 1 fully saturated rings. The van der Waals surface area contributed by atoms with Crippen LogP contribution in [0.2, 0.25) is 0 Å². The molecule has 0 spiro atoms. The number of fused-ring (bicyclic) bond motifs is 2. The minimum absolute atomic E-state index is 0.266. The number of thiophene rings is 1. The second-order valence-electron chi connectivity index (χ2n) is 6.99. The zero-order chi connectivity index (χ0) is 18.4. The van der Waals surface area contributed by atoms with Crippen molar-refractivity contribution in [1.82, 2.24) is 15.3 Å². The van der Waals surface area contributed by atoms with Gasteiger partial charge in [-0.25, -0.2) is 14.4 Å². The highest BCUT2D eigenvalue weighted by atomic mass is 32.1. The molecule has 0 radical (unpaired) electrons. The van der Waals surface area contributed by atoms with Gasteiger partial charge in [0.15, 0.2) is 0 Å². The zero-order valence-electron chi connectivity index (χ0n) is 14.8. The number of thiazole rings is 1. The molecular formula is C20H19FN4S2. The lowest BCUT2D eigenvalue weighted by Gasteiger charge is -2.29. The van der Waals surface area contributed by atoms with Crippen molar-refractivity contribution < 1.29 is 4.39 Å². The first-order valence-corrected chi connectivity index (χ1v) is 10.8. The molecule has 4 heterocycles. The van der Waals surface area contributed by atoms with Gasteiger partial charge >= 0.3 is 0 Å². The zero-order valence-corrected chi connectivity index (χ0v) is 16.5. The maximum atomic E-state index is 14.5. The molecule has 1 aliphatic rings. The maximum Gasteiger partial charge on any atom is 0.148 e. The molecule has 0 amide bonds. The van der Waals surface area contributed by atoms with Gasteiger partial charge in [0, 0.05) is 28.4 Å². The molecule has 1 aliphatic heterocycles. The van der Waals surface area contributed by atoms with Crippen molar-refractivity contribution in [3.63, 3.8) is 0 Å².